The highest BCUT2D eigenvalue weighted by Gasteiger charge is 2.49. The van der Waals surface area contributed by atoms with Crippen molar-refractivity contribution >= 4 is 87.2 Å². The molecule has 17 aromatic rings. The molecule has 1 aliphatic heterocycles. The Bertz CT molecular complexity index is 5920. The molecular formula is C91H72N4O. The van der Waals surface area contributed by atoms with E-state index in [0.717, 1.165) is 40.7 Å². The minimum absolute atomic E-state index is 0.150. The Labute approximate surface area is 559 Å². The fourth-order valence-electron chi connectivity index (χ4n) is 17.3. The lowest BCUT2D eigenvalue weighted by atomic mass is 9.55. The van der Waals surface area contributed by atoms with Crippen LogP contribution in [0, 0.1) is 0 Å². The van der Waals surface area contributed by atoms with Crippen molar-refractivity contribution < 1.29 is 4.74 Å². The van der Waals surface area contributed by atoms with Crippen LogP contribution in [-0.4, -0.2) is 18.3 Å². The number of hydrogen-bond donors (Lipinski definition) is 0. The van der Waals surface area contributed by atoms with E-state index in [1.807, 2.05) is 0 Å². The Kier molecular flexibility index (Phi) is 12.8. The fourth-order valence-corrected chi connectivity index (χ4v) is 17.3. The molecule has 3 atom stereocenters. The molecule has 0 bridgehead atoms. The first-order chi connectivity index (χ1) is 47.1. The van der Waals surface area contributed by atoms with Gasteiger partial charge in [-0.2, -0.15) is 0 Å². The van der Waals surface area contributed by atoms with Crippen LogP contribution in [0.5, 0.6) is 11.5 Å². The summed E-state index contributed by atoms with van der Waals surface area (Å²) in [6.45, 7) is 14.3. The zero-order valence-electron chi connectivity index (χ0n) is 54.9. The molecule has 1 aliphatic carbocycles. The average Bonchev–Trinajstić information content (AvgIpc) is 1.33. The average molecular weight is 1240 g/mol. The van der Waals surface area contributed by atoms with E-state index in [-0.39, 0.29) is 17.8 Å². The lowest BCUT2D eigenvalue weighted by Crippen LogP contribution is -2.33. The Morgan fingerprint density at radius 1 is 0.281 bits per heavy atom. The van der Waals surface area contributed by atoms with Crippen LogP contribution in [0.25, 0.3) is 132 Å². The van der Waals surface area contributed by atoms with Gasteiger partial charge in [0, 0.05) is 82.9 Å². The monoisotopic (exact) mass is 1240 g/mol. The van der Waals surface area contributed by atoms with Crippen LogP contribution in [0.4, 0.5) is 0 Å². The molecule has 19 rings (SSSR count). The number of para-hydroxylation sites is 6. The second kappa shape index (κ2) is 21.7. The predicted octanol–water partition coefficient (Wildman–Crippen LogP) is 24.9. The van der Waals surface area contributed by atoms with Crippen LogP contribution in [0.15, 0.2) is 279 Å². The molecule has 0 N–H and O–H groups in total. The van der Waals surface area contributed by atoms with Crippen LogP contribution < -0.4 is 4.74 Å². The quantitative estimate of drug-likeness (QED) is 0.134. The number of hydrogen-bond acceptors (Lipinski definition) is 1. The SMILES string of the molecule is CC(C)c1cc(C(C)C)c(C2CC3c4cc(-n5c6ccccc6c6cc(-c7cccc(-n8c9ccccc9c9ccccc98)c7)ccc65)ccc4Oc4ccc(-n5c6ccccc6c6cc(-c7cccc(-n8c9ccccc9c9ccccc98)c7)ccc65)cc4C32)c(C(C)C)c1. The Hall–Kier alpha value is -11.1. The Morgan fingerprint density at radius 2 is 0.625 bits per heavy atom. The van der Waals surface area contributed by atoms with Crippen LogP contribution in [-0.2, 0) is 0 Å². The molecule has 2 aliphatic rings. The number of ether oxygens (including phenoxy) is 1. The summed E-state index contributed by atoms with van der Waals surface area (Å²) in [5.74, 6) is 3.66. The lowest BCUT2D eigenvalue weighted by molar-refractivity contribution is 0.283. The van der Waals surface area contributed by atoms with E-state index in [1.165, 1.54) is 137 Å². The standard InChI is InChI=1S/C91H72N4O/c1-54(2)61-49-72(55(3)4)90(73(50-61)56(5)6)79-53-77-76-51-64(94-84-35-17-11-29-70(84)74-47-59(37-41-86(74)94)57-21-19-23-62(45-57)92-80-31-13-7-25-66(80)67-26-8-14-32-81(67)92)39-43-88(76)96-89-44-40-65(52-78(89)91(77)79)95-85-36-18-12-30-71(85)75-48-60(38-42-87(75)95)58-22-20-24-63(46-58)93-82-33-15-9-27-68(82)69-28-10-16-34-83(69)93/h7-52,54-56,77,79,91H,53H2,1-6H3. The second-order valence-electron chi connectivity index (χ2n) is 28.1. The van der Waals surface area contributed by atoms with Gasteiger partial charge in [-0.05, 0) is 202 Å². The number of nitrogens with zero attached hydrogens (tertiary/aromatic N) is 4. The molecule has 0 saturated heterocycles. The largest absolute Gasteiger partial charge is 0.457 e. The van der Waals surface area contributed by atoms with Crippen LogP contribution in [0.3, 0.4) is 0 Å². The zero-order chi connectivity index (χ0) is 64.2. The van der Waals surface area contributed by atoms with Gasteiger partial charge in [-0.25, -0.2) is 0 Å². The highest BCUT2D eigenvalue weighted by atomic mass is 16.5. The summed E-state index contributed by atoms with van der Waals surface area (Å²) in [5.41, 5.74) is 27.4. The molecule has 1 saturated carbocycles. The van der Waals surface area contributed by atoms with Gasteiger partial charge in [0.25, 0.3) is 0 Å². The molecule has 13 aromatic carbocycles. The molecule has 0 spiro atoms. The van der Waals surface area contributed by atoms with Gasteiger partial charge in [0.1, 0.15) is 11.5 Å². The number of benzene rings is 13. The maximum atomic E-state index is 7.44. The summed E-state index contributed by atoms with van der Waals surface area (Å²) in [7, 11) is 0. The zero-order valence-corrected chi connectivity index (χ0v) is 54.9. The molecular weight excluding hydrogens is 1170 g/mol. The fraction of sp³-hybridized carbons (Fsp3) is 0.143. The van der Waals surface area contributed by atoms with Crippen molar-refractivity contribution in [2.24, 2.45) is 0 Å². The van der Waals surface area contributed by atoms with Crippen molar-refractivity contribution in [1.29, 1.82) is 0 Å². The van der Waals surface area contributed by atoms with Crippen molar-refractivity contribution in [2.45, 2.75) is 83.5 Å². The van der Waals surface area contributed by atoms with E-state index in [4.69, 9.17) is 4.74 Å². The van der Waals surface area contributed by atoms with E-state index in [9.17, 15) is 0 Å². The van der Waals surface area contributed by atoms with Crippen molar-refractivity contribution in [3.05, 3.63) is 312 Å². The molecule has 0 radical (unpaired) electrons. The summed E-state index contributed by atoms with van der Waals surface area (Å²) in [4.78, 5) is 0. The van der Waals surface area contributed by atoms with Gasteiger partial charge in [0.2, 0.25) is 0 Å². The smallest absolute Gasteiger partial charge is 0.131 e. The van der Waals surface area contributed by atoms with E-state index >= 15 is 0 Å². The van der Waals surface area contributed by atoms with E-state index in [0.29, 0.717) is 17.8 Å². The van der Waals surface area contributed by atoms with Crippen LogP contribution >= 0.6 is 0 Å². The maximum Gasteiger partial charge on any atom is 0.131 e. The first-order valence-electron chi connectivity index (χ1n) is 34.5. The number of fused-ring (bicyclic) bond motifs is 17. The topological polar surface area (TPSA) is 28.9 Å². The van der Waals surface area contributed by atoms with Gasteiger partial charge in [0.15, 0.2) is 0 Å². The molecule has 4 aromatic heterocycles. The molecule has 5 heteroatoms. The molecule has 3 unspecified atom stereocenters. The molecule has 1 fully saturated rings. The first-order valence-corrected chi connectivity index (χ1v) is 34.5. The van der Waals surface area contributed by atoms with E-state index in [2.05, 4.69) is 339 Å². The first kappa shape index (κ1) is 56.4. The number of rotatable bonds is 10. The summed E-state index contributed by atoms with van der Waals surface area (Å²) >= 11 is 0. The lowest BCUT2D eigenvalue weighted by Gasteiger charge is -2.47. The summed E-state index contributed by atoms with van der Waals surface area (Å²) in [6.07, 6.45) is 1.02. The van der Waals surface area contributed by atoms with Gasteiger partial charge in [-0.1, -0.05) is 199 Å². The highest BCUT2D eigenvalue weighted by molar-refractivity contribution is 6.13. The third-order valence-corrected chi connectivity index (χ3v) is 21.8. The number of aromatic nitrogens is 4. The third kappa shape index (κ3) is 8.55. The summed E-state index contributed by atoms with van der Waals surface area (Å²) in [5, 5.41) is 9.99. The normalized spacial score (nSPS) is 15.4. The molecule has 5 nitrogen and oxygen atoms in total. The summed E-state index contributed by atoms with van der Waals surface area (Å²) < 4.78 is 17.3. The van der Waals surface area contributed by atoms with Gasteiger partial charge in [-0.15, -0.1) is 0 Å². The molecule has 462 valence electrons. The van der Waals surface area contributed by atoms with Crippen molar-refractivity contribution in [1.82, 2.24) is 18.3 Å². The Balaban J connectivity index is 0.737. The van der Waals surface area contributed by atoms with E-state index in [1.54, 1.807) is 5.56 Å². The molecule has 96 heavy (non-hydrogen) atoms. The van der Waals surface area contributed by atoms with Gasteiger partial charge >= 0.3 is 0 Å². The Morgan fingerprint density at radius 3 is 1.02 bits per heavy atom. The van der Waals surface area contributed by atoms with E-state index < -0.39 is 0 Å². The predicted molar refractivity (Wildman–Crippen MR) is 403 cm³/mol. The van der Waals surface area contributed by atoms with Crippen molar-refractivity contribution in [2.75, 3.05) is 0 Å². The maximum absolute atomic E-state index is 7.44. The van der Waals surface area contributed by atoms with Gasteiger partial charge in [0.05, 0.1) is 44.1 Å². The van der Waals surface area contributed by atoms with Crippen molar-refractivity contribution in [3.63, 3.8) is 0 Å². The second-order valence-corrected chi connectivity index (χ2v) is 28.1. The van der Waals surface area contributed by atoms with Crippen molar-refractivity contribution in [3.8, 4) is 56.5 Å². The highest BCUT2D eigenvalue weighted by Crippen LogP contribution is 2.65. The van der Waals surface area contributed by atoms with Crippen LogP contribution in [0.1, 0.15) is 117 Å². The third-order valence-electron chi connectivity index (χ3n) is 21.8. The van der Waals surface area contributed by atoms with Gasteiger partial charge < -0.3 is 23.0 Å². The summed E-state index contributed by atoms with van der Waals surface area (Å²) in [6, 6.07) is 105. The molecule has 0 amide bonds. The molecule has 5 heterocycles. The minimum atomic E-state index is 0.150. The van der Waals surface area contributed by atoms with Gasteiger partial charge in [-0.3, -0.25) is 0 Å². The minimum Gasteiger partial charge on any atom is -0.457 e. The van der Waals surface area contributed by atoms with Crippen LogP contribution in [0.2, 0.25) is 0 Å².